The van der Waals surface area contributed by atoms with E-state index in [1.165, 1.54) is 6.07 Å². The summed E-state index contributed by atoms with van der Waals surface area (Å²) in [5.41, 5.74) is 0.116. The molecular formula is C10H13ClO3Si. The molecule has 0 atom stereocenters. The van der Waals surface area contributed by atoms with Crippen molar-refractivity contribution >= 4 is 25.9 Å². The van der Waals surface area contributed by atoms with Crippen molar-refractivity contribution in [3.05, 3.63) is 28.8 Å². The summed E-state index contributed by atoms with van der Waals surface area (Å²) in [6, 6.07) is 4.63. The Morgan fingerprint density at radius 2 is 2.00 bits per heavy atom. The highest BCUT2D eigenvalue weighted by Crippen LogP contribution is 2.25. The third-order valence-corrected chi connectivity index (χ3v) is 2.66. The monoisotopic (exact) mass is 244 g/mol. The summed E-state index contributed by atoms with van der Waals surface area (Å²) in [7, 11) is -1.80. The molecule has 0 saturated carbocycles. The van der Waals surface area contributed by atoms with Crippen LogP contribution in [0.3, 0.4) is 0 Å². The average Bonchev–Trinajstić information content (AvgIpc) is 2.05. The van der Waals surface area contributed by atoms with E-state index in [0.29, 0.717) is 10.8 Å². The molecule has 3 nitrogen and oxygen atoms in total. The normalized spacial score (nSPS) is 11.2. The molecule has 15 heavy (non-hydrogen) atoms. The second kappa shape index (κ2) is 4.24. The second-order valence-corrected chi connectivity index (χ2v) is 9.03. The van der Waals surface area contributed by atoms with Gasteiger partial charge in [-0.1, -0.05) is 11.6 Å². The Kier molecular flexibility index (Phi) is 3.41. The maximum atomic E-state index is 10.9. The standard InChI is InChI=1S/C10H13ClO3Si/c1-15(2,3)14-9-5-4-7(11)6-8(9)10(12)13/h4-6H,1-3H3,(H,12,13). The summed E-state index contributed by atoms with van der Waals surface area (Å²) < 4.78 is 5.65. The van der Waals surface area contributed by atoms with Gasteiger partial charge in [-0.3, -0.25) is 0 Å². The van der Waals surface area contributed by atoms with Crippen molar-refractivity contribution in [2.24, 2.45) is 0 Å². The van der Waals surface area contributed by atoms with Gasteiger partial charge in [0.1, 0.15) is 11.3 Å². The highest BCUT2D eigenvalue weighted by molar-refractivity contribution is 6.70. The third-order valence-electron chi connectivity index (χ3n) is 1.59. The lowest BCUT2D eigenvalue weighted by Crippen LogP contribution is -2.30. The van der Waals surface area contributed by atoms with Gasteiger partial charge in [-0.25, -0.2) is 4.79 Å². The van der Waals surface area contributed by atoms with E-state index in [-0.39, 0.29) is 5.56 Å². The molecule has 5 heteroatoms. The molecule has 0 unspecified atom stereocenters. The SMILES string of the molecule is C[Si](C)(C)Oc1ccc(Cl)cc1C(=O)O. The van der Waals surface area contributed by atoms with Gasteiger partial charge >= 0.3 is 5.97 Å². The van der Waals surface area contributed by atoms with Gasteiger partial charge in [-0.2, -0.15) is 0 Å². The summed E-state index contributed by atoms with van der Waals surface area (Å²) >= 11 is 5.72. The number of benzene rings is 1. The van der Waals surface area contributed by atoms with Crippen molar-refractivity contribution < 1.29 is 14.3 Å². The number of carboxylic acids is 1. The Morgan fingerprint density at radius 1 is 1.40 bits per heavy atom. The smallest absolute Gasteiger partial charge is 0.339 e. The highest BCUT2D eigenvalue weighted by Gasteiger charge is 2.20. The molecule has 82 valence electrons. The molecule has 0 spiro atoms. The molecule has 0 aliphatic carbocycles. The average molecular weight is 245 g/mol. The lowest BCUT2D eigenvalue weighted by molar-refractivity contribution is 0.0695. The molecule has 1 rings (SSSR count). The first kappa shape index (κ1) is 12.1. The first-order valence-corrected chi connectivity index (χ1v) is 8.30. The molecule has 0 bridgehead atoms. The van der Waals surface area contributed by atoms with Crippen molar-refractivity contribution in [2.75, 3.05) is 0 Å². The van der Waals surface area contributed by atoms with E-state index in [1.807, 2.05) is 19.6 Å². The van der Waals surface area contributed by atoms with Gasteiger partial charge in [-0.05, 0) is 37.8 Å². The van der Waals surface area contributed by atoms with E-state index in [0.717, 1.165) is 0 Å². The molecular weight excluding hydrogens is 232 g/mol. The van der Waals surface area contributed by atoms with E-state index in [4.69, 9.17) is 21.1 Å². The van der Waals surface area contributed by atoms with E-state index in [2.05, 4.69) is 0 Å². The van der Waals surface area contributed by atoms with E-state index < -0.39 is 14.3 Å². The molecule has 0 aliphatic rings. The van der Waals surface area contributed by atoms with Gasteiger partial charge in [0.05, 0.1) is 0 Å². The van der Waals surface area contributed by atoms with Crippen LogP contribution in [-0.2, 0) is 0 Å². The predicted molar refractivity (Wildman–Crippen MR) is 62.4 cm³/mol. The number of hydrogen-bond acceptors (Lipinski definition) is 2. The van der Waals surface area contributed by atoms with Crippen LogP contribution in [0, 0.1) is 0 Å². The molecule has 1 N–H and O–H groups in total. The zero-order valence-electron chi connectivity index (χ0n) is 8.87. The van der Waals surface area contributed by atoms with Gasteiger partial charge in [0.15, 0.2) is 0 Å². The van der Waals surface area contributed by atoms with Crippen LogP contribution >= 0.6 is 11.6 Å². The maximum Gasteiger partial charge on any atom is 0.339 e. The Hall–Kier alpha value is -1.00. The topological polar surface area (TPSA) is 46.5 Å². The van der Waals surface area contributed by atoms with E-state index in [1.54, 1.807) is 12.1 Å². The zero-order chi connectivity index (χ0) is 11.6. The fraction of sp³-hybridized carbons (Fsp3) is 0.300. The first-order valence-electron chi connectivity index (χ1n) is 4.51. The number of carbonyl (C=O) groups is 1. The summed E-state index contributed by atoms with van der Waals surface area (Å²) in [6.45, 7) is 5.98. The molecule has 0 heterocycles. The molecule has 0 fully saturated rings. The quantitative estimate of drug-likeness (QED) is 0.831. The Labute approximate surface area is 94.8 Å². The van der Waals surface area contributed by atoms with Crippen LogP contribution in [0.15, 0.2) is 18.2 Å². The van der Waals surface area contributed by atoms with Crippen LogP contribution in [-0.4, -0.2) is 19.4 Å². The number of aromatic carboxylic acids is 1. The molecule has 0 radical (unpaired) electrons. The van der Waals surface area contributed by atoms with Crippen LogP contribution in [0.2, 0.25) is 24.7 Å². The molecule has 1 aromatic carbocycles. The third kappa shape index (κ3) is 3.57. The Bertz CT molecular complexity index is 385. The minimum atomic E-state index is -1.80. The van der Waals surface area contributed by atoms with Gasteiger partial charge in [0.2, 0.25) is 8.32 Å². The minimum absolute atomic E-state index is 0.116. The van der Waals surface area contributed by atoms with Crippen LogP contribution in [0.1, 0.15) is 10.4 Å². The van der Waals surface area contributed by atoms with Gasteiger partial charge in [0.25, 0.3) is 0 Å². The molecule has 0 amide bonds. The van der Waals surface area contributed by atoms with Crippen LogP contribution in [0.25, 0.3) is 0 Å². The summed E-state index contributed by atoms with van der Waals surface area (Å²) in [5.74, 6) is -0.628. The number of rotatable bonds is 3. The van der Waals surface area contributed by atoms with Gasteiger partial charge in [-0.15, -0.1) is 0 Å². The number of hydrogen-bond donors (Lipinski definition) is 1. The number of carboxylic acid groups (broad SMARTS) is 1. The molecule has 1 aromatic rings. The fourth-order valence-electron chi connectivity index (χ4n) is 1.09. The Balaban J connectivity index is 3.12. The van der Waals surface area contributed by atoms with Crippen molar-refractivity contribution in [3.8, 4) is 5.75 Å². The summed E-state index contributed by atoms with van der Waals surface area (Å²) in [6.07, 6.45) is 0. The van der Waals surface area contributed by atoms with Crippen LogP contribution in [0.4, 0.5) is 0 Å². The van der Waals surface area contributed by atoms with Crippen LogP contribution < -0.4 is 4.43 Å². The van der Waals surface area contributed by atoms with E-state index in [9.17, 15) is 4.79 Å². The maximum absolute atomic E-state index is 10.9. The predicted octanol–water partition coefficient (Wildman–Crippen LogP) is 3.25. The van der Waals surface area contributed by atoms with Crippen LogP contribution in [0.5, 0.6) is 5.75 Å². The summed E-state index contributed by atoms with van der Waals surface area (Å²) in [5, 5.41) is 9.36. The minimum Gasteiger partial charge on any atom is -0.544 e. The lowest BCUT2D eigenvalue weighted by Gasteiger charge is -2.20. The fourth-order valence-corrected chi connectivity index (χ4v) is 2.10. The number of halogens is 1. The van der Waals surface area contributed by atoms with Crippen molar-refractivity contribution in [2.45, 2.75) is 19.6 Å². The van der Waals surface area contributed by atoms with Gasteiger partial charge < -0.3 is 9.53 Å². The largest absolute Gasteiger partial charge is 0.544 e. The lowest BCUT2D eigenvalue weighted by atomic mass is 10.2. The highest BCUT2D eigenvalue weighted by atomic mass is 35.5. The second-order valence-electron chi connectivity index (χ2n) is 4.16. The van der Waals surface area contributed by atoms with Gasteiger partial charge in [0, 0.05) is 5.02 Å². The molecule has 0 aliphatic heterocycles. The van der Waals surface area contributed by atoms with Crippen molar-refractivity contribution in [1.29, 1.82) is 0 Å². The summed E-state index contributed by atoms with van der Waals surface area (Å²) in [4.78, 5) is 10.9. The van der Waals surface area contributed by atoms with Crippen molar-refractivity contribution in [1.82, 2.24) is 0 Å². The zero-order valence-corrected chi connectivity index (χ0v) is 10.6. The van der Waals surface area contributed by atoms with Crippen molar-refractivity contribution in [3.63, 3.8) is 0 Å². The van der Waals surface area contributed by atoms with E-state index >= 15 is 0 Å². The molecule has 0 saturated heterocycles. The first-order chi connectivity index (χ1) is 6.79. The molecule has 0 aromatic heterocycles. The Morgan fingerprint density at radius 3 is 2.47 bits per heavy atom.